The van der Waals surface area contributed by atoms with Crippen LogP contribution < -0.4 is 5.32 Å². The van der Waals surface area contributed by atoms with Crippen molar-refractivity contribution in [1.29, 1.82) is 0 Å². The average molecular weight is 443 g/mol. The number of halogens is 6. The van der Waals surface area contributed by atoms with Crippen LogP contribution in [0.15, 0.2) is 18.2 Å². The highest BCUT2D eigenvalue weighted by Crippen LogP contribution is 2.36. The third-order valence-electron chi connectivity index (χ3n) is 4.07. The van der Waals surface area contributed by atoms with Crippen LogP contribution in [0.2, 0.25) is 0 Å². The fraction of sp³-hybridized carbons (Fsp3) is 0.500. The highest BCUT2D eigenvalue weighted by molar-refractivity contribution is 5.86. The summed E-state index contributed by atoms with van der Waals surface area (Å²) in [6.45, 7) is 1.41. The Bertz CT molecular complexity index is 758. The SMILES string of the molecule is COC(=O)C[C@@H](C)[C@H](NC(=O)Cc1cc(C(F)(F)F)cc(C(F)(F)F)c1)C(=O)OC. The van der Waals surface area contributed by atoms with E-state index in [1.54, 1.807) is 0 Å². The first-order valence-corrected chi connectivity index (χ1v) is 8.41. The van der Waals surface area contributed by atoms with E-state index in [9.17, 15) is 40.7 Å². The molecular weight excluding hydrogens is 424 g/mol. The van der Waals surface area contributed by atoms with Crippen molar-refractivity contribution >= 4 is 17.8 Å². The molecule has 12 heteroatoms. The standard InChI is InChI=1S/C18H19F6NO5/c1-9(4-14(27)29-2)15(16(28)30-3)25-13(26)7-10-5-11(17(19,20)21)8-12(6-10)18(22,23)24/h5-6,8-9,15H,4,7H2,1-3H3,(H,25,26)/t9-,15+/m1/s1. The van der Waals surface area contributed by atoms with Crippen molar-refractivity contribution in [3.63, 3.8) is 0 Å². The van der Waals surface area contributed by atoms with Crippen molar-refractivity contribution in [2.75, 3.05) is 14.2 Å². The van der Waals surface area contributed by atoms with Crippen LogP contribution in [-0.2, 0) is 42.6 Å². The maximum atomic E-state index is 12.9. The van der Waals surface area contributed by atoms with Crippen LogP contribution in [-0.4, -0.2) is 38.1 Å². The molecule has 1 aromatic carbocycles. The van der Waals surface area contributed by atoms with Crippen molar-refractivity contribution in [3.8, 4) is 0 Å². The molecule has 0 spiro atoms. The van der Waals surface area contributed by atoms with Crippen LogP contribution in [0.1, 0.15) is 30.0 Å². The molecular formula is C18H19F6NO5. The smallest absolute Gasteiger partial charge is 0.416 e. The molecule has 30 heavy (non-hydrogen) atoms. The molecule has 6 nitrogen and oxygen atoms in total. The molecule has 1 aromatic rings. The second kappa shape index (κ2) is 9.81. The zero-order valence-electron chi connectivity index (χ0n) is 16.1. The number of carbonyl (C=O) groups is 3. The Hall–Kier alpha value is -2.79. The average Bonchev–Trinajstić information content (AvgIpc) is 2.63. The van der Waals surface area contributed by atoms with Crippen molar-refractivity contribution < 1.29 is 50.2 Å². The van der Waals surface area contributed by atoms with Crippen LogP contribution in [0.3, 0.4) is 0 Å². The molecule has 0 aliphatic heterocycles. The number of amides is 1. The third kappa shape index (κ3) is 7.23. The summed E-state index contributed by atoms with van der Waals surface area (Å²) in [4.78, 5) is 35.5. The predicted molar refractivity (Wildman–Crippen MR) is 89.9 cm³/mol. The number of hydrogen-bond donors (Lipinski definition) is 1. The summed E-state index contributed by atoms with van der Waals surface area (Å²) in [5.41, 5.74) is -3.69. The normalized spacial score (nSPS) is 13.9. The van der Waals surface area contributed by atoms with Crippen LogP contribution in [0.5, 0.6) is 0 Å². The van der Waals surface area contributed by atoms with Gasteiger partial charge in [0.25, 0.3) is 0 Å². The molecule has 0 fully saturated rings. The van der Waals surface area contributed by atoms with E-state index in [2.05, 4.69) is 14.8 Å². The van der Waals surface area contributed by atoms with Gasteiger partial charge < -0.3 is 14.8 Å². The first-order valence-electron chi connectivity index (χ1n) is 8.41. The fourth-order valence-corrected chi connectivity index (χ4v) is 2.56. The van der Waals surface area contributed by atoms with E-state index in [0.717, 1.165) is 14.2 Å². The maximum Gasteiger partial charge on any atom is 0.416 e. The molecule has 0 heterocycles. The van der Waals surface area contributed by atoms with Gasteiger partial charge in [-0.25, -0.2) is 4.79 Å². The summed E-state index contributed by atoms with van der Waals surface area (Å²) in [5.74, 6) is -3.49. The summed E-state index contributed by atoms with van der Waals surface area (Å²) in [7, 11) is 2.11. The Labute approximate surface area is 167 Å². The molecule has 0 radical (unpaired) electrons. The van der Waals surface area contributed by atoms with Crippen LogP contribution in [0, 0.1) is 5.92 Å². The molecule has 0 aliphatic carbocycles. The second-order valence-electron chi connectivity index (χ2n) is 6.42. The van der Waals surface area contributed by atoms with Crippen LogP contribution in [0.25, 0.3) is 0 Å². The second-order valence-corrected chi connectivity index (χ2v) is 6.42. The molecule has 0 unspecified atom stereocenters. The summed E-state index contributed by atoms with van der Waals surface area (Å²) >= 11 is 0. The lowest BCUT2D eigenvalue weighted by molar-refractivity contribution is -0.148. The first kappa shape index (κ1) is 25.2. The van der Waals surface area contributed by atoms with Gasteiger partial charge in [-0.2, -0.15) is 26.3 Å². The minimum atomic E-state index is -5.06. The Morgan fingerprint density at radius 2 is 1.43 bits per heavy atom. The quantitative estimate of drug-likeness (QED) is 0.518. The summed E-state index contributed by atoms with van der Waals surface area (Å²) < 4.78 is 86.5. The van der Waals surface area contributed by atoms with Gasteiger partial charge in [0.2, 0.25) is 5.91 Å². The number of nitrogens with one attached hydrogen (secondary N) is 1. The molecule has 0 aromatic heterocycles. The van der Waals surface area contributed by atoms with Gasteiger partial charge in [0.15, 0.2) is 0 Å². The zero-order valence-corrected chi connectivity index (χ0v) is 16.1. The Kier molecular flexibility index (Phi) is 8.25. The number of rotatable bonds is 7. The van der Waals surface area contributed by atoms with E-state index >= 15 is 0 Å². The van der Waals surface area contributed by atoms with Gasteiger partial charge in [-0.3, -0.25) is 9.59 Å². The molecule has 0 saturated heterocycles. The molecule has 1 rings (SSSR count). The van der Waals surface area contributed by atoms with Crippen molar-refractivity contribution in [1.82, 2.24) is 5.32 Å². The van der Waals surface area contributed by atoms with E-state index in [1.165, 1.54) is 6.92 Å². The Balaban J connectivity index is 3.11. The molecule has 0 aliphatic rings. The molecule has 0 saturated carbocycles. The van der Waals surface area contributed by atoms with Gasteiger partial charge >= 0.3 is 24.3 Å². The van der Waals surface area contributed by atoms with Gasteiger partial charge in [-0.05, 0) is 29.7 Å². The number of alkyl halides is 6. The number of benzene rings is 1. The number of esters is 2. The Morgan fingerprint density at radius 1 is 0.933 bits per heavy atom. The van der Waals surface area contributed by atoms with E-state index in [1.807, 2.05) is 0 Å². The maximum absolute atomic E-state index is 12.9. The van der Waals surface area contributed by atoms with E-state index in [-0.39, 0.29) is 12.5 Å². The van der Waals surface area contributed by atoms with Crippen molar-refractivity contribution in [3.05, 3.63) is 34.9 Å². The highest BCUT2D eigenvalue weighted by Gasteiger charge is 2.37. The Morgan fingerprint density at radius 3 is 1.83 bits per heavy atom. The van der Waals surface area contributed by atoms with Gasteiger partial charge in [-0.15, -0.1) is 0 Å². The number of hydrogen-bond acceptors (Lipinski definition) is 5. The summed E-state index contributed by atoms with van der Waals surface area (Å²) in [6.07, 6.45) is -11.3. The third-order valence-corrected chi connectivity index (χ3v) is 4.07. The first-order chi connectivity index (χ1) is 13.7. The van der Waals surface area contributed by atoms with E-state index < -0.39 is 65.3 Å². The van der Waals surface area contributed by atoms with Gasteiger partial charge in [0, 0.05) is 0 Å². The van der Waals surface area contributed by atoms with Crippen molar-refractivity contribution in [2.45, 2.75) is 38.2 Å². The molecule has 1 amide bonds. The minimum absolute atomic E-state index is 0.0584. The van der Waals surface area contributed by atoms with E-state index in [0.29, 0.717) is 12.1 Å². The minimum Gasteiger partial charge on any atom is -0.469 e. The zero-order chi connectivity index (χ0) is 23.3. The number of methoxy groups -OCH3 is 2. The van der Waals surface area contributed by atoms with Crippen molar-refractivity contribution in [2.24, 2.45) is 5.92 Å². The molecule has 2 atom stereocenters. The summed E-state index contributed by atoms with van der Waals surface area (Å²) in [6, 6.07) is -0.592. The van der Waals surface area contributed by atoms with Gasteiger partial charge in [0.05, 0.1) is 38.2 Å². The largest absolute Gasteiger partial charge is 0.469 e. The van der Waals surface area contributed by atoms with E-state index in [4.69, 9.17) is 0 Å². The fourth-order valence-electron chi connectivity index (χ4n) is 2.56. The highest BCUT2D eigenvalue weighted by atomic mass is 19.4. The molecule has 168 valence electrons. The monoisotopic (exact) mass is 443 g/mol. The lowest BCUT2D eigenvalue weighted by Gasteiger charge is -2.22. The number of ether oxygens (including phenoxy) is 2. The molecule has 1 N–H and O–H groups in total. The van der Waals surface area contributed by atoms with Crippen LogP contribution in [0.4, 0.5) is 26.3 Å². The predicted octanol–water partition coefficient (Wildman–Crippen LogP) is 3.12. The summed E-state index contributed by atoms with van der Waals surface area (Å²) in [5, 5.41) is 2.18. The topological polar surface area (TPSA) is 81.7 Å². The van der Waals surface area contributed by atoms with Gasteiger partial charge in [0.1, 0.15) is 6.04 Å². The lowest BCUT2D eigenvalue weighted by Crippen LogP contribution is -2.47. The van der Waals surface area contributed by atoms with Crippen LogP contribution >= 0.6 is 0 Å². The lowest BCUT2D eigenvalue weighted by atomic mass is 9.97. The number of carbonyl (C=O) groups excluding carboxylic acids is 3. The van der Waals surface area contributed by atoms with Gasteiger partial charge in [-0.1, -0.05) is 6.92 Å². The molecule has 0 bridgehead atoms.